The standard InChI is InChI=1S/C11H11FN4O2S/c1-16-11(14-9(17)10(18)15-16)19-8-4-2-3-7(12)6(8)5-13/h2-4H,5,13H2,1H3,(H,15,18). The normalized spacial score (nSPS) is 10.7. The molecule has 0 aliphatic rings. The molecule has 0 bridgehead atoms. The summed E-state index contributed by atoms with van der Waals surface area (Å²) in [6, 6.07) is 4.53. The van der Waals surface area contributed by atoms with E-state index < -0.39 is 16.9 Å². The van der Waals surface area contributed by atoms with Gasteiger partial charge in [0.25, 0.3) is 0 Å². The fourth-order valence-corrected chi connectivity index (χ4v) is 2.44. The second-order valence-corrected chi connectivity index (χ2v) is 4.73. The molecule has 0 fully saturated rings. The molecule has 100 valence electrons. The van der Waals surface area contributed by atoms with E-state index >= 15 is 0 Å². The summed E-state index contributed by atoms with van der Waals surface area (Å²) in [5.41, 5.74) is 4.15. The number of benzene rings is 1. The van der Waals surface area contributed by atoms with Crippen molar-refractivity contribution in [3.63, 3.8) is 0 Å². The first-order valence-electron chi connectivity index (χ1n) is 5.35. The molecule has 19 heavy (non-hydrogen) atoms. The second-order valence-electron chi connectivity index (χ2n) is 3.72. The van der Waals surface area contributed by atoms with Crippen molar-refractivity contribution < 1.29 is 4.39 Å². The maximum absolute atomic E-state index is 13.6. The lowest BCUT2D eigenvalue weighted by Crippen LogP contribution is -2.33. The molecule has 0 saturated heterocycles. The minimum Gasteiger partial charge on any atom is -0.326 e. The molecule has 6 nitrogen and oxygen atoms in total. The van der Waals surface area contributed by atoms with Crippen LogP contribution in [0, 0.1) is 5.82 Å². The average molecular weight is 282 g/mol. The smallest absolute Gasteiger partial charge is 0.326 e. The summed E-state index contributed by atoms with van der Waals surface area (Å²) >= 11 is 1.06. The molecule has 0 saturated carbocycles. The number of aromatic amines is 1. The van der Waals surface area contributed by atoms with Crippen molar-refractivity contribution in [2.75, 3.05) is 0 Å². The molecule has 2 aromatic rings. The van der Waals surface area contributed by atoms with Gasteiger partial charge in [0.05, 0.1) is 0 Å². The van der Waals surface area contributed by atoms with E-state index in [2.05, 4.69) is 10.1 Å². The Kier molecular flexibility index (Phi) is 3.82. The Labute approximate surface area is 111 Å². The molecule has 0 spiro atoms. The molecule has 8 heteroatoms. The summed E-state index contributed by atoms with van der Waals surface area (Å²) < 4.78 is 14.9. The van der Waals surface area contributed by atoms with Crippen LogP contribution in [0.5, 0.6) is 0 Å². The van der Waals surface area contributed by atoms with Crippen LogP contribution in [0.2, 0.25) is 0 Å². The Morgan fingerprint density at radius 2 is 2.21 bits per heavy atom. The van der Waals surface area contributed by atoms with E-state index in [1.54, 1.807) is 12.1 Å². The number of aryl methyl sites for hydroxylation is 1. The molecule has 3 N–H and O–H groups in total. The summed E-state index contributed by atoms with van der Waals surface area (Å²) in [7, 11) is 1.54. The van der Waals surface area contributed by atoms with Crippen molar-refractivity contribution in [2.24, 2.45) is 12.8 Å². The van der Waals surface area contributed by atoms with Crippen LogP contribution in [0.1, 0.15) is 5.56 Å². The lowest BCUT2D eigenvalue weighted by atomic mass is 10.2. The van der Waals surface area contributed by atoms with Crippen molar-refractivity contribution in [1.82, 2.24) is 14.8 Å². The SMILES string of the molecule is Cn1[nH]c(=O)c(=O)nc1Sc1cccc(F)c1CN. The third kappa shape index (κ3) is 2.74. The number of H-pyrrole nitrogens is 1. The molecule has 0 atom stereocenters. The summed E-state index contributed by atoms with van der Waals surface area (Å²) in [6.07, 6.45) is 0. The van der Waals surface area contributed by atoms with Gasteiger partial charge in [-0.05, 0) is 23.9 Å². The van der Waals surface area contributed by atoms with Crippen molar-refractivity contribution in [3.05, 3.63) is 50.3 Å². The van der Waals surface area contributed by atoms with Crippen LogP contribution >= 0.6 is 11.8 Å². The summed E-state index contributed by atoms with van der Waals surface area (Å²) in [4.78, 5) is 26.5. The molecule has 2 rings (SSSR count). The highest BCUT2D eigenvalue weighted by molar-refractivity contribution is 7.99. The highest BCUT2D eigenvalue weighted by atomic mass is 32.2. The second kappa shape index (κ2) is 5.37. The lowest BCUT2D eigenvalue weighted by Gasteiger charge is -2.09. The quantitative estimate of drug-likeness (QED) is 0.785. The maximum atomic E-state index is 13.6. The van der Waals surface area contributed by atoms with Crippen molar-refractivity contribution in [1.29, 1.82) is 0 Å². The first-order valence-corrected chi connectivity index (χ1v) is 6.17. The zero-order valence-electron chi connectivity index (χ0n) is 10.0. The van der Waals surface area contributed by atoms with E-state index in [0.29, 0.717) is 10.5 Å². The van der Waals surface area contributed by atoms with Crippen LogP contribution in [0.4, 0.5) is 4.39 Å². The van der Waals surface area contributed by atoms with Crippen LogP contribution < -0.4 is 16.9 Å². The lowest BCUT2D eigenvalue weighted by molar-refractivity contribution is 0.593. The Morgan fingerprint density at radius 3 is 2.89 bits per heavy atom. The first kappa shape index (κ1) is 13.5. The third-order valence-corrected chi connectivity index (χ3v) is 3.58. The Balaban J connectivity index is 2.48. The van der Waals surface area contributed by atoms with E-state index in [9.17, 15) is 14.0 Å². The molecule has 0 radical (unpaired) electrons. The maximum Gasteiger partial charge on any atom is 0.339 e. The third-order valence-electron chi connectivity index (χ3n) is 2.43. The number of halogens is 1. The minimum atomic E-state index is -0.883. The van der Waals surface area contributed by atoms with Crippen LogP contribution in [0.25, 0.3) is 0 Å². The van der Waals surface area contributed by atoms with Gasteiger partial charge < -0.3 is 5.73 Å². The molecule has 0 aliphatic carbocycles. The van der Waals surface area contributed by atoms with Gasteiger partial charge in [-0.3, -0.25) is 19.4 Å². The first-order chi connectivity index (χ1) is 9.02. The fraction of sp³-hybridized carbons (Fsp3) is 0.182. The molecule has 0 unspecified atom stereocenters. The van der Waals surface area contributed by atoms with Gasteiger partial charge in [-0.1, -0.05) is 6.07 Å². The highest BCUT2D eigenvalue weighted by Crippen LogP contribution is 2.28. The van der Waals surface area contributed by atoms with Crippen LogP contribution in [-0.4, -0.2) is 14.8 Å². The van der Waals surface area contributed by atoms with Crippen LogP contribution in [0.15, 0.2) is 37.8 Å². The number of aromatic nitrogens is 3. The number of hydrogen-bond donors (Lipinski definition) is 2. The van der Waals surface area contributed by atoms with Crippen molar-refractivity contribution in [2.45, 2.75) is 16.6 Å². The number of hydrogen-bond acceptors (Lipinski definition) is 5. The Hall–Kier alpha value is -1.93. The number of nitrogens with zero attached hydrogens (tertiary/aromatic N) is 2. The molecular weight excluding hydrogens is 271 g/mol. The number of nitrogens with two attached hydrogens (primary N) is 1. The molecule has 1 aromatic heterocycles. The highest BCUT2D eigenvalue weighted by Gasteiger charge is 2.11. The minimum absolute atomic E-state index is 0.0340. The predicted octanol–water partition coefficient (Wildman–Crippen LogP) is 0.218. The topological polar surface area (TPSA) is 93.8 Å². The fourth-order valence-electron chi connectivity index (χ4n) is 1.48. The monoisotopic (exact) mass is 282 g/mol. The molecule has 0 amide bonds. The average Bonchev–Trinajstić information content (AvgIpc) is 2.36. The van der Waals surface area contributed by atoms with E-state index in [0.717, 1.165) is 11.8 Å². The van der Waals surface area contributed by atoms with Crippen LogP contribution in [0.3, 0.4) is 0 Å². The summed E-state index contributed by atoms with van der Waals surface area (Å²) in [5.74, 6) is -0.415. The van der Waals surface area contributed by atoms with E-state index in [1.165, 1.54) is 17.8 Å². The molecule has 0 aliphatic heterocycles. The molecule has 1 heterocycles. The Morgan fingerprint density at radius 1 is 1.47 bits per heavy atom. The van der Waals surface area contributed by atoms with E-state index in [1.807, 2.05) is 0 Å². The van der Waals surface area contributed by atoms with Gasteiger partial charge in [0.2, 0.25) is 0 Å². The van der Waals surface area contributed by atoms with Crippen LogP contribution in [-0.2, 0) is 13.6 Å². The summed E-state index contributed by atoms with van der Waals surface area (Å²) in [6.45, 7) is 0.0340. The van der Waals surface area contributed by atoms with Gasteiger partial charge in [0.15, 0.2) is 5.16 Å². The molecular formula is C11H11FN4O2S. The Bertz CT molecular complexity index is 725. The van der Waals surface area contributed by atoms with Gasteiger partial charge in [-0.15, -0.1) is 0 Å². The largest absolute Gasteiger partial charge is 0.339 e. The van der Waals surface area contributed by atoms with E-state index in [-0.39, 0.29) is 11.7 Å². The number of rotatable bonds is 3. The zero-order valence-corrected chi connectivity index (χ0v) is 10.8. The van der Waals surface area contributed by atoms with Gasteiger partial charge in [-0.2, -0.15) is 4.98 Å². The predicted molar refractivity (Wildman–Crippen MR) is 68.5 cm³/mol. The number of nitrogens with one attached hydrogen (secondary N) is 1. The van der Waals surface area contributed by atoms with Gasteiger partial charge in [0, 0.05) is 24.1 Å². The van der Waals surface area contributed by atoms with Crippen molar-refractivity contribution in [3.8, 4) is 0 Å². The van der Waals surface area contributed by atoms with E-state index in [4.69, 9.17) is 5.73 Å². The van der Waals surface area contributed by atoms with Crippen molar-refractivity contribution >= 4 is 11.8 Å². The summed E-state index contributed by atoms with van der Waals surface area (Å²) in [5, 5.41) is 2.57. The van der Waals surface area contributed by atoms with Gasteiger partial charge >= 0.3 is 11.1 Å². The zero-order chi connectivity index (χ0) is 14.0. The molecule has 1 aromatic carbocycles. The van der Waals surface area contributed by atoms with Gasteiger partial charge in [-0.25, -0.2) is 4.39 Å². The van der Waals surface area contributed by atoms with Gasteiger partial charge in [0.1, 0.15) is 5.82 Å².